The van der Waals surface area contributed by atoms with Gasteiger partial charge in [-0.15, -0.1) is 23.3 Å². The second-order valence-corrected chi connectivity index (χ2v) is 5.82. The lowest BCUT2D eigenvalue weighted by Gasteiger charge is -2.07. The fourth-order valence-corrected chi connectivity index (χ4v) is 2.53. The third kappa shape index (κ3) is 4.43. The van der Waals surface area contributed by atoms with E-state index in [1.165, 1.54) is 11.1 Å². The summed E-state index contributed by atoms with van der Waals surface area (Å²) in [6.45, 7) is 0. The van der Waals surface area contributed by atoms with Crippen LogP contribution in [0, 0.1) is 0 Å². The Hall–Kier alpha value is 0.620. The molecule has 0 unspecified atom stereocenters. The minimum atomic E-state index is 1.08. The molecule has 0 aliphatic rings. The Balaban J connectivity index is 2.60. The second kappa shape index (κ2) is 7.85. The molecule has 0 N–H and O–H groups in total. The Morgan fingerprint density at radius 2 is 1.29 bits per heavy atom. The zero-order valence-electron chi connectivity index (χ0n) is 7.85. The van der Waals surface area contributed by atoms with E-state index in [9.17, 15) is 0 Å². The van der Waals surface area contributed by atoms with Gasteiger partial charge in [0.2, 0.25) is 0 Å². The lowest BCUT2D eigenvalue weighted by Crippen LogP contribution is -1.96. The van der Waals surface area contributed by atoms with E-state index in [1.807, 2.05) is 0 Å². The summed E-state index contributed by atoms with van der Waals surface area (Å²) in [5.41, 5.74) is 2.91. The topological polar surface area (TPSA) is 0 Å². The highest BCUT2D eigenvalue weighted by atomic mass is 33.1. The number of aryl methyl sites for hydroxylation is 2. The lowest BCUT2D eigenvalue weighted by atomic mass is 10.0. The Morgan fingerprint density at radius 1 is 0.857 bits per heavy atom. The van der Waals surface area contributed by atoms with E-state index in [0.717, 1.165) is 24.3 Å². The van der Waals surface area contributed by atoms with Crippen molar-refractivity contribution in [3.63, 3.8) is 0 Å². The lowest BCUT2D eigenvalue weighted by molar-refractivity contribution is 1.06. The first kappa shape index (κ1) is 12.7. The van der Waals surface area contributed by atoms with Gasteiger partial charge in [-0.2, -0.15) is 0 Å². The van der Waals surface area contributed by atoms with Crippen molar-refractivity contribution in [3.05, 3.63) is 35.4 Å². The zero-order valence-corrected chi connectivity index (χ0v) is 11.3. The first-order valence-electron chi connectivity index (χ1n) is 4.48. The van der Waals surface area contributed by atoms with Crippen LogP contribution >= 0.6 is 44.9 Å². The van der Waals surface area contributed by atoms with Gasteiger partial charge in [0, 0.05) is 11.5 Å². The molecule has 0 aromatic heterocycles. The number of benzene rings is 1. The number of hydrogen-bond acceptors (Lipinski definition) is 4. The molecule has 1 rings (SSSR count). The van der Waals surface area contributed by atoms with Crippen molar-refractivity contribution in [2.24, 2.45) is 0 Å². The molecule has 0 heterocycles. The Kier molecular flexibility index (Phi) is 7.12. The highest BCUT2D eigenvalue weighted by Gasteiger charge is 2.00. The van der Waals surface area contributed by atoms with Crippen LogP contribution < -0.4 is 0 Å². The van der Waals surface area contributed by atoms with Gasteiger partial charge in [-0.05, 0) is 24.0 Å². The van der Waals surface area contributed by atoms with Crippen molar-refractivity contribution in [2.75, 3.05) is 11.5 Å². The Morgan fingerprint density at radius 3 is 1.64 bits per heavy atom. The quantitative estimate of drug-likeness (QED) is 0.589. The predicted molar refractivity (Wildman–Crippen MR) is 76.7 cm³/mol. The summed E-state index contributed by atoms with van der Waals surface area (Å²) in [6.07, 6.45) is 2.23. The van der Waals surface area contributed by atoms with E-state index in [2.05, 4.69) is 47.6 Å². The summed E-state index contributed by atoms with van der Waals surface area (Å²) in [5, 5.41) is 0. The van der Waals surface area contributed by atoms with Gasteiger partial charge in [-0.1, -0.05) is 45.9 Å². The van der Waals surface area contributed by atoms with Gasteiger partial charge in [-0.25, -0.2) is 0 Å². The molecule has 0 saturated carbocycles. The minimum Gasteiger partial charge on any atom is -0.111 e. The third-order valence-electron chi connectivity index (χ3n) is 2.04. The molecule has 0 radical (unpaired) electrons. The normalized spacial score (nSPS) is 10.4. The molecule has 0 fully saturated rings. The van der Waals surface area contributed by atoms with E-state index in [4.69, 9.17) is 0 Å². The molecule has 4 heteroatoms. The van der Waals surface area contributed by atoms with E-state index in [0.29, 0.717) is 0 Å². The highest BCUT2D eigenvalue weighted by Crippen LogP contribution is 2.17. The standard InChI is InChI=1S/C10H14S4/c11-13-7-5-9-3-1-2-4-10(9)6-8-14-12/h1-4,11-12H,5-8H2. The molecule has 0 bridgehead atoms. The maximum atomic E-state index is 4.16. The molecule has 78 valence electrons. The van der Waals surface area contributed by atoms with Crippen LogP contribution in [0.15, 0.2) is 24.3 Å². The molecular weight excluding hydrogens is 248 g/mol. The molecule has 0 atom stereocenters. The zero-order chi connectivity index (χ0) is 10.2. The van der Waals surface area contributed by atoms with Crippen LogP contribution in [0.1, 0.15) is 11.1 Å². The smallest absolute Gasteiger partial charge is 0.00751 e. The molecule has 1 aromatic carbocycles. The van der Waals surface area contributed by atoms with Gasteiger partial charge in [-0.3, -0.25) is 0 Å². The first-order chi connectivity index (χ1) is 6.88. The summed E-state index contributed by atoms with van der Waals surface area (Å²) < 4.78 is 0. The van der Waals surface area contributed by atoms with Gasteiger partial charge in [0.15, 0.2) is 0 Å². The van der Waals surface area contributed by atoms with Crippen molar-refractivity contribution in [3.8, 4) is 0 Å². The Bertz CT molecular complexity index is 235. The van der Waals surface area contributed by atoms with Gasteiger partial charge in [0.25, 0.3) is 0 Å². The largest absolute Gasteiger partial charge is 0.111 e. The van der Waals surface area contributed by atoms with Gasteiger partial charge >= 0.3 is 0 Å². The van der Waals surface area contributed by atoms with Crippen molar-refractivity contribution < 1.29 is 0 Å². The van der Waals surface area contributed by atoms with E-state index >= 15 is 0 Å². The summed E-state index contributed by atoms with van der Waals surface area (Å²) in [4.78, 5) is 0. The van der Waals surface area contributed by atoms with Crippen molar-refractivity contribution in [1.82, 2.24) is 0 Å². The Labute approximate surface area is 104 Å². The van der Waals surface area contributed by atoms with E-state index < -0.39 is 0 Å². The highest BCUT2D eigenvalue weighted by molar-refractivity contribution is 8.68. The van der Waals surface area contributed by atoms with E-state index in [-0.39, 0.29) is 0 Å². The molecule has 0 nitrogen and oxygen atoms in total. The van der Waals surface area contributed by atoms with Crippen LogP contribution in [-0.2, 0) is 12.8 Å². The van der Waals surface area contributed by atoms with Gasteiger partial charge in [0.1, 0.15) is 0 Å². The van der Waals surface area contributed by atoms with Crippen LogP contribution in [0.4, 0.5) is 0 Å². The molecule has 14 heavy (non-hydrogen) atoms. The monoisotopic (exact) mass is 262 g/mol. The van der Waals surface area contributed by atoms with Crippen molar-refractivity contribution in [1.29, 1.82) is 0 Å². The van der Waals surface area contributed by atoms with E-state index in [1.54, 1.807) is 21.6 Å². The van der Waals surface area contributed by atoms with Crippen LogP contribution in [0.3, 0.4) is 0 Å². The average Bonchev–Trinajstić information content (AvgIpc) is 2.24. The summed E-state index contributed by atoms with van der Waals surface area (Å²) >= 11 is 8.31. The molecule has 0 aliphatic heterocycles. The average molecular weight is 262 g/mol. The molecule has 0 saturated heterocycles. The molecular formula is C10H14S4. The maximum Gasteiger partial charge on any atom is 0.00751 e. The fraction of sp³-hybridized carbons (Fsp3) is 0.400. The van der Waals surface area contributed by atoms with Gasteiger partial charge < -0.3 is 0 Å². The number of thiol groups is 2. The fourth-order valence-electron chi connectivity index (χ4n) is 1.36. The molecule has 0 spiro atoms. The SMILES string of the molecule is SSCCc1ccccc1CCSS. The molecule has 0 aliphatic carbocycles. The van der Waals surface area contributed by atoms with Crippen molar-refractivity contribution >= 4 is 44.9 Å². The number of rotatable bonds is 6. The van der Waals surface area contributed by atoms with Crippen LogP contribution in [0.5, 0.6) is 0 Å². The third-order valence-corrected chi connectivity index (χ3v) is 3.91. The number of hydrogen-bond donors (Lipinski definition) is 2. The molecule has 1 aromatic rings. The minimum absolute atomic E-state index is 1.08. The second-order valence-electron chi connectivity index (χ2n) is 2.94. The predicted octanol–water partition coefficient (Wildman–Crippen LogP) is 3.93. The molecule has 0 amide bonds. The van der Waals surface area contributed by atoms with Gasteiger partial charge in [0.05, 0.1) is 0 Å². The first-order valence-corrected chi connectivity index (χ1v) is 8.55. The summed E-state index contributed by atoms with van der Waals surface area (Å²) in [7, 11) is 3.21. The summed E-state index contributed by atoms with van der Waals surface area (Å²) in [5.74, 6) is 2.16. The van der Waals surface area contributed by atoms with Crippen LogP contribution in [-0.4, -0.2) is 11.5 Å². The van der Waals surface area contributed by atoms with Crippen LogP contribution in [0.25, 0.3) is 0 Å². The van der Waals surface area contributed by atoms with Crippen LogP contribution in [0.2, 0.25) is 0 Å². The maximum absolute atomic E-state index is 4.16. The van der Waals surface area contributed by atoms with Crippen molar-refractivity contribution in [2.45, 2.75) is 12.8 Å². The summed E-state index contributed by atoms with van der Waals surface area (Å²) in [6, 6.07) is 8.64.